The lowest BCUT2D eigenvalue weighted by atomic mass is 10.1. The van der Waals surface area contributed by atoms with Crippen LogP contribution in [0.4, 0.5) is 0 Å². The van der Waals surface area contributed by atoms with Crippen LogP contribution in [0.15, 0.2) is 34.9 Å². The number of hydrogen-bond acceptors (Lipinski definition) is 4. The summed E-state index contributed by atoms with van der Waals surface area (Å²) in [6.07, 6.45) is 1.73. The number of esters is 1. The molecular weight excluding hydrogens is 242 g/mol. The Morgan fingerprint density at radius 2 is 2.26 bits per heavy atom. The van der Waals surface area contributed by atoms with Crippen molar-refractivity contribution in [3.05, 3.63) is 41.8 Å². The van der Waals surface area contributed by atoms with E-state index in [2.05, 4.69) is 4.98 Å². The Bertz CT molecular complexity index is 774. The molecule has 0 radical (unpaired) electrons. The van der Waals surface area contributed by atoms with Gasteiger partial charge in [-0.15, -0.1) is 0 Å². The molecule has 0 saturated carbocycles. The van der Waals surface area contributed by atoms with Gasteiger partial charge in [0.25, 0.3) is 0 Å². The predicted octanol–water partition coefficient (Wildman–Crippen LogP) is 3.47. The summed E-state index contributed by atoms with van der Waals surface area (Å²) in [4.78, 5) is 16.4. The first kappa shape index (κ1) is 11.7. The van der Waals surface area contributed by atoms with Crippen molar-refractivity contribution < 1.29 is 13.9 Å². The van der Waals surface area contributed by atoms with Gasteiger partial charge >= 0.3 is 5.97 Å². The van der Waals surface area contributed by atoms with Crippen LogP contribution in [0.3, 0.4) is 0 Å². The van der Waals surface area contributed by atoms with Gasteiger partial charge in [-0.05, 0) is 32.0 Å². The summed E-state index contributed by atoms with van der Waals surface area (Å²) in [6, 6.07) is 7.43. The van der Waals surface area contributed by atoms with E-state index in [1.807, 2.05) is 25.1 Å². The lowest BCUT2D eigenvalue weighted by Gasteiger charge is -2.05. The normalized spacial score (nSPS) is 11.1. The highest BCUT2D eigenvalue weighted by Gasteiger charge is 2.18. The summed E-state index contributed by atoms with van der Waals surface area (Å²) in [5, 5.41) is 1.75. The van der Waals surface area contributed by atoms with E-state index >= 15 is 0 Å². The van der Waals surface area contributed by atoms with Gasteiger partial charge < -0.3 is 9.15 Å². The number of carbonyl (C=O) groups is 1. The van der Waals surface area contributed by atoms with Crippen molar-refractivity contribution >= 4 is 27.8 Å². The molecule has 4 nitrogen and oxygen atoms in total. The Morgan fingerprint density at radius 1 is 1.42 bits per heavy atom. The number of aryl methyl sites for hydroxylation is 1. The van der Waals surface area contributed by atoms with Crippen molar-refractivity contribution in [1.29, 1.82) is 0 Å². The maximum Gasteiger partial charge on any atom is 0.341 e. The highest BCUT2D eigenvalue weighted by atomic mass is 16.5. The molecule has 0 saturated heterocycles. The van der Waals surface area contributed by atoms with Crippen molar-refractivity contribution in [2.75, 3.05) is 6.61 Å². The second-order valence-corrected chi connectivity index (χ2v) is 4.32. The van der Waals surface area contributed by atoms with Crippen molar-refractivity contribution in [3.8, 4) is 0 Å². The van der Waals surface area contributed by atoms with E-state index in [-0.39, 0.29) is 5.97 Å². The summed E-state index contributed by atoms with van der Waals surface area (Å²) in [5.41, 5.74) is 1.83. The van der Waals surface area contributed by atoms with Crippen molar-refractivity contribution in [2.45, 2.75) is 13.8 Å². The molecule has 0 N–H and O–H groups in total. The molecule has 0 amide bonds. The van der Waals surface area contributed by atoms with Crippen LogP contribution in [0.1, 0.15) is 23.0 Å². The number of rotatable bonds is 2. The number of fused-ring (bicyclic) bond motifs is 3. The summed E-state index contributed by atoms with van der Waals surface area (Å²) in [6.45, 7) is 3.97. The van der Waals surface area contributed by atoms with Gasteiger partial charge in [0.2, 0.25) is 0 Å². The first-order chi connectivity index (χ1) is 9.20. The molecule has 0 fully saturated rings. The van der Waals surface area contributed by atoms with Crippen LogP contribution in [0.25, 0.3) is 21.9 Å². The van der Waals surface area contributed by atoms with Gasteiger partial charge in [-0.1, -0.05) is 6.07 Å². The predicted molar refractivity (Wildman–Crippen MR) is 72.2 cm³/mol. The summed E-state index contributed by atoms with van der Waals surface area (Å²) in [5.74, 6) is 0.381. The zero-order valence-electron chi connectivity index (χ0n) is 10.8. The second-order valence-electron chi connectivity index (χ2n) is 4.32. The van der Waals surface area contributed by atoms with Crippen LogP contribution in [0.2, 0.25) is 0 Å². The topological polar surface area (TPSA) is 52.3 Å². The van der Waals surface area contributed by atoms with Crippen LogP contribution in [-0.4, -0.2) is 17.6 Å². The maximum absolute atomic E-state index is 12.0. The number of pyridine rings is 1. The van der Waals surface area contributed by atoms with E-state index in [9.17, 15) is 4.79 Å². The fraction of sp³-hybridized carbons (Fsp3) is 0.200. The van der Waals surface area contributed by atoms with Gasteiger partial charge in [0.1, 0.15) is 11.3 Å². The molecule has 0 bridgehead atoms. The lowest BCUT2D eigenvalue weighted by Crippen LogP contribution is -2.05. The van der Waals surface area contributed by atoms with E-state index in [1.54, 1.807) is 19.2 Å². The van der Waals surface area contributed by atoms with Crippen LogP contribution < -0.4 is 0 Å². The Labute approximate surface area is 110 Å². The van der Waals surface area contributed by atoms with Gasteiger partial charge in [-0.25, -0.2) is 4.79 Å². The quantitative estimate of drug-likeness (QED) is 0.658. The molecule has 2 heterocycles. The van der Waals surface area contributed by atoms with Gasteiger partial charge in [-0.3, -0.25) is 4.98 Å². The largest absolute Gasteiger partial charge is 0.462 e. The second kappa shape index (κ2) is 4.39. The Balaban J connectivity index is 2.38. The average molecular weight is 255 g/mol. The molecule has 2 aromatic heterocycles. The molecule has 0 aliphatic heterocycles. The van der Waals surface area contributed by atoms with Gasteiger partial charge in [0, 0.05) is 17.0 Å². The fourth-order valence-electron chi connectivity index (χ4n) is 2.23. The summed E-state index contributed by atoms with van der Waals surface area (Å²) in [7, 11) is 0. The van der Waals surface area contributed by atoms with Gasteiger partial charge in [-0.2, -0.15) is 0 Å². The zero-order valence-corrected chi connectivity index (χ0v) is 10.8. The Kier molecular flexibility index (Phi) is 2.71. The van der Waals surface area contributed by atoms with Crippen LogP contribution >= 0.6 is 0 Å². The van der Waals surface area contributed by atoms with Crippen LogP contribution in [0, 0.1) is 6.92 Å². The van der Waals surface area contributed by atoms with E-state index in [1.165, 1.54) is 0 Å². The standard InChI is InChI=1S/C15H13NO3/c1-3-18-15(17)12-8-10-5-4-6-16-13(10)11-7-9(2)19-14(11)12/h4-8H,3H2,1-2H3. The first-order valence-electron chi connectivity index (χ1n) is 6.15. The molecule has 0 spiro atoms. The van der Waals surface area contributed by atoms with Crippen molar-refractivity contribution in [1.82, 2.24) is 4.98 Å². The van der Waals surface area contributed by atoms with E-state index in [0.717, 1.165) is 22.0 Å². The van der Waals surface area contributed by atoms with E-state index in [4.69, 9.17) is 9.15 Å². The molecule has 3 aromatic rings. The third-order valence-corrected chi connectivity index (χ3v) is 2.99. The number of furan rings is 1. The number of carbonyl (C=O) groups excluding carboxylic acids is 1. The van der Waals surface area contributed by atoms with Gasteiger partial charge in [0.15, 0.2) is 5.58 Å². The number of aromatic nitrogens is 1. The molecule has 3 rings (SSSR count). The molecule has 4 heteroatoms. The smallest absolute Gasteiger partial charge is 0.341 e. The Morgan fingerprint density at radius 3 is 3.05 bits per heavy atom. The fourth-order valence-corrected chi connectivity index (χ4v) is 2.23. The maximum atomic E-state index is 12.0. The molecule has 0 aliphatic carbocycles. The van der Waals surface area contributed by atoms with E-state index in [0.29, 0.717) is 17.8 Å². The molecule has 0 atom stereocenters. The minimum atomic E-state index is -0.368. The van der Waals surface area contributed by atoms with Crippen LogP contribution in [-0.2, 0) is 4.74 Å². The minimum Gasteiger partial charge on any atom is -0.462 e. The van der Waals surface area contributed by atoms with Crippen LogP contribution in [0.5, 0.6) is 0 Å². The Hall–Kier alpha value is -2.36. The number of benzene rings is 1. The molecule has 1 aromatic carbocycles. The third-order valence-electron chi connectivity index (χ3n) is 2.99. The number of ether oxygens (including phenoxy) is 1. The number of hydrogen-bond donors (Lipinski definition) is 0. The van der Waals surface area contributed by atoms with Crippen molar-refractivity contribution in [2.24, 2.45) is 0 Å². The zero-order chi connectivity index (χ0) is 13.4. The van der Waals surface area contributed by atoms with Gasteiger partial charge in [0.05, 0.1) is 12.1 Å². The molecular formula is C15H13NO3. The molecule has 19 heavy (non-hydrogen) atoms. The third kappa shape index (κ3) is 1.85. The SMILES string of the molecule is CCOC(=O)c1cc2cccnc2c2cc(C)oc12. The van der Waals surface area contributed by atoms with Crippen molar-refractivity contribution in [3.63, 3.8) is 0 Å². The molecule has 96 valence electrons. The summed E-state index contributed by atoms with van der Waals surface area (Å²) < 4.78 is 10.7. The molecule has 0 unspecified atom stereocenters. The first-order valence-corrected chi connectivity index (χ1v) is 6.15. The van der Waals surface area contributed by atoms with E-state index < -0.39 is 0 Å². The average Bonchev–Trinajstić information content (AvgIpc) is 2.79. The number of nitrogens with zero attached hydrogens (tertiary/aromatic N) is 1. The highest BCUT2D eigenvalue weighted by Crippen LogP contribution is 2.30. The minimum absolute atomic E-state index is 0.338. The molecule has 0 aliphatic rings. The highest BCUT2D eigenvalue weighted by molar-refractivity contribution is 6.12. The summed E-state index contributed by atoms with van der Waals surface area (Å²) >= 11 is 0. The monoisotopic (exact) mass is 255 g/mol. The lowest BCUT2D eigenvalue weighted by molar-refractivity contribution is 0.0527.